The summed E-state index contributed by atoms with van der Waals surface area (Å²) in [6, 6.07) is 10.6. The molecule has 1 N–H and O–H groups in total. The van der Waals surface area contributed by atoms with E-state index in [1.165, 1.54) is 0 Å². The van der Waals surface area contributed by atoms with E-state index in [-0.39, 0.29) is 10.9 Å². The fraction of sp³-hybridized carbons (Fsp3) is 0.125. The van der Waals surface area contributed by atoms with E-state index in [1.54, 1.807) is 30.3 Å². The molecule has 136 valence electrons. The van der Waals surface area contributed by atoms with Gasteiger partial charge in [-0.1, -0.05) is 35.6 Å². The van der Waals surface area contributed by atoms with Crippen LogP contribution in [0.4, 0.5) is 0 Å². The molecule has 1 saturated heterocycles. The van der Waals surface area contributed by atoms with Crippen molar-refractivity contribution in [2.75, 3.05) is 12.3 Å². The van der Waals surface area contributed by atoms with E-state index in [0.29, 0.717) is 21.4 Å². The first kappa shape index (κ1) is 19.1. The zero-order valence-electron chi connectivity index (χ0n) is 13.1. The fourth-order valence-corrected chi connectivity index (χ4v) is 4.06. The Kier molecular flexibility index (Phi) is 5.54. The van der Waals surface area contributed by atoms with Crippen molar-refractivity contribution in [1.29, 1.82) is 0 Å². The highest BCUT2D eigenvalue weighted by Gasteiger charge is 2.32. The van der Waals surface area contributed by atoms with Crippen molar-refractivity contribution in [1.82, 2.24) is 4.90 Å². The Morgan fingerprint density at radius 3 is 2.58 bits per heavy atom. The lowest BCUT2D eigenvalue weighted by molar-refractivity contribution is -0.121. The lowest BCUT2D eigenvalue weighted by Crippen LogP contribution is -2.32. The molecule has 2 heterocycles. The maximum absolute atomic E-state index is 12.4. The molecule has 3 rings (SSSR count). The van der Waals surface area contributed by atoms with Gasteiger partial charge in [-0.25, -0.2) is 0 Å². The van der Waals surface area contributed by atoms with Gasteiger partial charge in [0.15, 0.2) is 0 Å². The van der Waals surface area contributed by atoms with E-state index in [9.17, 15) is 13.2 Å². The molecule has 10 heteroatoms. The van der Waals surface area contributed by atoms with Crippen molar-refractivity contribution in [2.24, 2.45) is 0 Å². The van der Waals surface area contributed by atoms with Crippen molar-refractivity contribution < 1.29 is 22.2 Å². The molecule has 0 bridgehead atoms. The number of halogens is 1. The topological polar surface area (TPSA) is 87.8 Å². The molecule has 1 aromatic heterocycles. The SMILES string of the molecule is O=C1/C(=C/c2ccc(-c3ccc(Cl)cc3)o2)SC(=S)N1CCS(=O)(=O)O. The number of amides is 1. The van der Waals surface area contributed by atoms with Crippen LogP contribution in [0.1, 0.15) is 5.76 Å². The second-order valence-corrected chi connectivity index (χ2v) is 9.01. The quantitative estimate of drug-likeness (QED) is 0.440. The Morgan fingerprint density at radius 2 is 1.92 bits per heavy atom. The van der Waals surface area contributed by atoms with Gasteiger partial charge in [-0.15, -0.1) is 0 Å². The Bertz CT molecular complexity index is 995. The zero-order chi connectivity index (χ0) is 18.9. The summed E-state index contributed by atoms with van der Waals surface area (Å²) >= 11 is 12.0. The number of hydrogen-bond acceptors (Lipinski definition) is 6. The molecule has 1 fully saturated rings. The highest BCUT2D eigenvalue weighted by atomic mass is 35.5. The highest BCUT2D eigenvalue weighted by molar-refractivity contribution is 8.26. The Labute approximate surface area is 164 Å². The van der Waals surface area contributed by atoms with Crippen molar-refractivity contribution >= 4 is 62.0 Å². The molecule has 2 aromatic rings. The van der Waals surface area contributed by atoms with Crippen LogP contribution in [0.2, 0.25) is 5.02 Å². The van der Waals surface area contributed by atoms with Crippen molar-refractivity contribution in [3.05, 3.63) is 52.1 Å². The molecule has 0 atom stereocenters. The molecule has 6 nitrogen and oxygen atoms in total. The van der Waals surface area contributed by atoms with Gasteiger partial charge in [-0.2, -0.15) is 8.42 Å². The third-order valence-electron chi connectivity index (χ3n) is 3.48. The Hall–Kier alpha value is -1.65. The molecule has 0 aliphatic carbocycles. The minimum absolute atomic E-state index is 0.199. The molecule has 26 heavy (non-hydrogen) atoms. The molecule has 1 aliphatic heterocycles. The molecule has 0 saturated carbocycles. The van der Waals surface area contributed by atoms with Gasteiger partial charge in [0, 0.05) is 23.2 Å². The van der Waals surface area contributed by atoms with Crippen LogP contribution in [0.3, 0.4) is 0 Å². The summed E-state index contributed by atoms with van der Waals surface area (Å²) in [5.41, 5.74) is 0.842. The van der Waals surface area contributed by atoms with Gasteiger partial charge in [-0.05, 0) is 36.4 Å². The first-order valence-corrected chi connectivity index (χ1v) is 10.5. The normalized spacial score (nSPS) is 16.7. The predicted molar refractivity (Wildman–Crippen MR) is 105 cm³/mol. The van der Waals surface area contributed by atoms with E-state index in [4.69, 9.17) is 32.8 Å². The monoisotopic (exact) mass is 429 g/mol. The van der Waals surface area contributed by atoms with E-state index >= 15 is 0 Å². The van der Waals surface area contributed by atoms with E-state index in [2.05, 4.69) is 0 Å². The number of hydrogen-bond donors (Lipinski definition) is 1. The van der Waals surface area contributed by atoms with E-state index in [1.807, 2.05) is 12.1 Å². The summed E-state index contributed by atoms with van der Waals surface area (Å²) in [5.74, 6) is 0.0851. The van der Waals surface area contributed by atoms with E-state index in [0.717, 1.165) is 22.2 Å². The van der Waals surface area contributed by atoms with Gasteiger partial charge in [-0.3, -0.25) is 14.2 Å². The minimum atomic E-state index is -4.18. The van der Waals surface area contributed by atoms with E-state index < -0.39 is 21.8 Å². The smallest absolute Gasteiger partial charge is 0.266 e. The number of thiocarbonyl (C=S) groups is 1. The average molecular weight is 430 g/mol. The fourth-order valence-electron chi connectivity index (χ4n) is 2.23. The molecule has 1 aliphatic rings. The van der Waals surface area contributed by atoms with Crippen molar-refractivity contribution in [3.8, 4) is 11.3 Å². The third-order valence-corrected chi connectivity index (χ3v) is 5.80. The molecular formula is C16H12ClNO5S3. The summed E-state index contributed by atoms with van der Waals surface area (Å²) < 4.78 is 36.5. The standard InChI is InChI=1S/C16H12ClNO5S3/c17-11-3-1-10(2-4-11)13-6-5-12(23-13)9-14-15(19)18(16(24)25-14)7-8-26(20,21)22/h1-6,9H,7-8H2,(H,20,21,22)/b14-9-. The minimum Gasteiger partial charge on any atom is -0.457 e. The largest absolute Gasteiger partial charge is 0.457 e. The van der Waals surface area contributed by atoms with Crippen LogP contribution < -0.4 is 0 Å². The summed E-state index contributed by atoms with van der Waals surface area (Å²) in [7, 11) is -4.18. The molecular weight excluding hydrogens is 418 g/mol. The van der Waals surface area contributed by atoms with Crippen LogP contribution >= 0.6 is 35.6 Å². The number of nitrogens with zero attached hydrogens (tertiary/aromatic N) is 1. The molecule has 0 radical (unpaired) electrons. The van der Waals surface area contributed by atoms with Crippen molar-refractivity contribution in [3.63, 3.8) is 0 Å². The average Bonchev–Trinajstić information content (AvgIpc) is 3.12. The maximum Gasteiger partial charge on any atom is 0.266 e. The summed E-state index contributed by atoms with van der Waals surface area (Å²) in [6.07, 6.45) is 1.55. The lowest BCUT2D eigenvalue weighted by Gasteiger charge is -2.12. The van der Waals surface area contributed by atoms with Crippen LogP contribution in [-0.4, -0.2) is 40.4 Å². The summed E-state index contributed by atoms with van der Waals surface area (Å²) in [4.78, 5) is 13.8. The third kappa shape index (κ3) is 4.54. The molecule has 1 amide bonds. The predicted octanol–water partition coefficient (Wildman–Crippen LogP) is 3.69. The Morgan fingerprint density at radius 1 is 1.23 bits per heavy atom. The lowest BCUT2D eigenvalue weighted by atomic mass is 10.2. The molecule has 1 aromatic carbocycles. The van der Waals surface area contributed by atoms with Gasteiger partial charge in [0.2, 0.25) is 0 Å². The summed E-state index contributed by atoms with van der Waals surface area (Å²) in [6.45, 7) is -0.199. The summed E-state index contributed by atoms with van der Waals surface area (Å²) in [5, 5.41) is 0.620. The number of rotatable bonds is 5. The first-order valence-electron chi connectivity index (χ1n) is 7.29. The molecule has 0 spiro atoms. The number of benzene rings is 1. The highest BCUT2D eigenvalue weighted by Crippen LogP contribution is 2.33. The van der Waals surface area contributed by atoms with Gasteiger partial charge in [0.1, 0.15) is 15.8 Å². The van der Waals surface area contributed by atoms with Crippen LogP contribution in [0.5, 0.6) is 0 Å². The van der Waals surface area contributed by atoms with Crippen LogP contribution in [0.25, 0.3) is 17.4 Å². The second-order valence-electron chi connectivity index (χ2n) is 5.33. The Balaban J connectivity index is 1.77. The number of thioether (sulfide) groups is 1. The number of furan rings is 1. The van der Waals surface area contributed by atoms with Gasteiger partial charge >= 0.3 is 0 Å². The number of carbonyl (C=O) groups excluding carboxylic acids is 1. The maximum atomic E-state index is 12.4. The van der Waals surface area contributed by atoms with Gasteiger partial charge < -0.3 is 4.42 Å². The van der Waals surface area contributed by atoms with Crippen LogP contribution in [0, 0.1) is 0 Å². The zero-order valence-corrected chi connectivity index (χ0v) is 16.3. The number of carbonyl (C=O) groups is 1. The van der Waals surface area contributed by atoms with Crippen molar-refractivity contribution in [2.45, 2.75) is 0 Å². The van der Waals surface area contributed by atoms with Crippen LogP contribution in [-0.2, 0) is 14.9 Å². The van der Waals surface area contributed by atoms with Gasteiger partial charge in [0.25, 0.3) is 16.0 Å². The van der Waals surface area contributed by atoms with Gasteiger partial charge in [0.05, 0.1) is 10.7 Å². The van der Waals surface area contributed by atoms with Crippen LogP contribution in [0.15, 0.2) is 45.7 Å². The molecule has 0 unspecified atom stereocenters. The second kappa shape index (κ2) is 7.53. The first-order chi connectivity index (χ1) is 12.2.